The minimum Gasteiger partial charge on any atom is -0.355 e. The van der Waals surface area contributed by atoms with Crippen molar-refractivity contribution >= 4 is 57.4 Å². The van der Waals surface area contributed by atoms with Gasteiger partial charge in [-0.1, -0.05) is 185 Å². The number of rotatable bonds is 7. The van der Waals surface area contributed by atoms with Gasteiger partial charge < -0.3 is 10.2 Å². The third kappa shape index (κ3) is 7.01. The van der Waals surface area contributed by atoms with Crippen LogP contribution in [0.2, 0.25) is 0 Å². The Morgan fingerprint density at radius 2 is 1.02 bits per heavy atom. The molecule has 9 aromatic rings. The van der Waals surface area contributed by atoms with Crippen molar-refractivity contribution in [2.24, 2.45) is 0 Å². The number of anilines is 5. The van der Waals surface area contributed by atoms with Gasteiger partial charge in [0.05, 0.1) is 0 Å². The number of nitrogens with one attached hydrogen (secondary N) is 1. The van der Waals surface area contributed by atoms with Crippen LogP contribution in [0.25, 0.3) is 55.3 Å². The highest BCUT2D eigenvalue weighted by atomic mass is 15.2. The minimum absolute atomic E-state index is 0.0621. The predicted molar refractivity (Wildman–Crippen MR) is 277 cm³/mol. The summed E-state index contributed by atoms with van der Waals surface area (Å²) in [6.07, 6.45) is 2.34. The SMILES string of the molecule is Cc1ccc(-c2ccccc2)cc1N1c2cc3c(cc2Bc2c(-c4c(Nc5ccc(-c6ccccc6)cc5)ccc5ccccc45)cc(-c4ccccc4)cc21)C(C)(C)CCC3(C)C. The molecule has 0 amide bonds. The lowest BCUT2D eigenvalue weighted by Crippen LogP contribution is -2.44. The van der Waals surface area contributed by atoms with Crippen molar-refractivity contribution in [1.29, 1.82) is 0 Å². The van der Waals surface area contributed by atoms with Gasteiger partial charge in [-0.15, -0.1) is 0 Å². The molecule has 0 spiro atoms. The van der Waals surface area contributed by atoms with Gasteiger partial charge in [0.2, 0.25) is 0 Å². The van der Waals surface area contributed by atoms with Gasteiger partial charge in [-0.3, -0.25) is 0 Å². The first kappa shape index (κ1) is 39.7. The number of nitrogens with zero attached hydrogens (tertiary/aromatic N) is 1. The third-order valence-electron chi connectivity index (χ3n) is 14.3. The van der Waals surface area contributed by atoms with Crippen LogP contribution in [-0.2, 0) is 10.8 Å². The average molecular weight is 825 g/mol. The summed E-state index contributed by atoms with van der Waals surface area (Å²) in [5, 5.41) is 6.40. The van der Waals surface area contributed by atoms with Gasteiger partial charge in [0.1, 0.15) is 0 Å². The maximum absolute atomic E-state index is 3.95. The van der Waals surface area contributed by atoms with Crippen molar-refractivity contribution in [1.82, 2.24) is 0 Å². The Labute approximate surface area is 379 Å². The molecule has 0 saturated heterocycles. The van der Waals surface area contributed by atoms with Crippen molar-refractivity contribution in [3.8, 4) is 44.5 Å². The summed E-state index contributed by atoms with van der Waals surface area (Å²) in [7, 11) is 0.821. The third-order valence-corrected chi connectivity index (χ3v) is 14.3. The fourth-order valence-electron chi connectivity index (χ4n) is 10.5. The van der Waals surface area contributed by atoms with E-state index in [2.05, 4.69) is 239 Å². The molecule has 1 aliphatic carbocycles. The second kappa shape index (κ2) is 15.6. The molecule has 9 aromatic carbocycles. The van der Waals surface area contributed by atoms with Crippen LogP contribution in [0.1, 0.15) is 57.2 Å². The fraction of sp³-hybridized carbons (Fsp3) is 0.148. The van der Waals surface area contributed by atoms with Gasteiger partial charge in [0, 0.05) is 34.0 Å². The lowest BCUT2D eigenvalue weighted by atomic mass is 9.55. The lowest BCUT2D eigenvalue weighted by Gasteiger charge is -2.44. The first-order valence-electron chi connectivity index (χ1n) is 22.9. The normalized spacial score (nSPS) is 14.5. The summed E-state index contributed by atoms with van der Waals surface area (Å²) >= 11 is 0. The van der Waals surface area contributed by atoms with Crippen LogP contribution in [0.15, 0.2) is 194 Å². The first-order valence-corrected chi connectivity index (χ1v) is 22.9. The van der Waals surface area contributed by atoms with Crippen molar-refractivity contribution in [3.63, 3.8) is 0 Å². The van der Waals surface area contributed by atoms with Crippen LogP contribution in [0.4, 0.5) is 28.4 Å². The van der Waals surface area contributed by atoms with E-state index in [1.54, 1.807) is 0 Å². The molecular formula is C61H53BN2. The van der Waals surface area contributed by atoms with Crippen molar-refractivity contribution in [3.05, 3.63) is 211 Å². The highest BCUT2D eigenvalue weighted by Crippen LogP contribution is 2.50. The summed E-state index contributed by atoms with van der Waals surface area (Å²) in [5.74, 6) is 0. The molecule has 0 bridgehead atoms. The van der Waals surface area contributed by atoms with E-state index < -0.39 is 0 Å². The second-order valence-electron chi connectivity index (χ2n) is 19.3. The molecule has 1 heterocycles. The Hall–Kier alpha value is -7.10. The summed E-state index contributed by atoms with van der Waals surface area (Å²) in [4.78, 5) is 2.63. The molecule has 1 N–H and O–H groups in total. The molecule has 0 aromatic heterocycles. The quantitative estimate of drug-likeness (QED) is 0.161. The lowest BCUT2D eigenvalue weighted by molar-refractivity contribution is 0.332. The monoisotopic (exact) mass is 824 g/mol. The molecular weight excluding hydrogens is 771 g/mol. The van der Waals surface area contributed by atoms with Crippen LogP contribution in [-0.4, -0.2) is 7.28 Å². The molecule has 0 saturated carbocycles. The molecule has 3 heteroatoms. The molecule has 310 valence electrons. The Kier molecular flexibility index (Phi) is 9.69. The van der Waals surface area contributed by atoms with Crippen LogP contribution < -0.4 is 21.1 Å². The zero-order chi connectivity index (χ0) is 43.6. The highest BCUT2D eigenvalue weighted by Gasteiger charge is 2.40. The molecule has 2 aliphatic rings. The molecule has 64 heavy (non-hydrogen) atoms. The molecule has 0 unspecified atom stereocenters. The molecule has 0 radical (unpaired) electrons. The first-order chi connectivity index (χ1) is 31.1. The van der Waals surface area contributed by atoms with E-state index in [1.807, 2.05) is 0 Å². The van der Waals surface area contributed by atoms with E-state index >= 15 is 0 Å². The predicted octanol–water partition coefficient (Wildman–Crippen LogP) is 15.1. The van der Waals surface area contributed by atoms with Gasteiger partial charge in [-0.05, 0) is 145 Å². The smallest absolute Gasteiger partial charge is 0.198 e. The summed E-state index contributed by atoms with van der Waals surface area (Å²) < 4.78 is 0. The van der Waals surface area contributed by atoms with Crippen LogP contribution >= 0.6 is 0 Å². The van der Waals surface area contributed by atoms with E-state index in [4.69, 9.17) is 0 Å². The molecule has 11 rings (SSSR count). The van der Waals surface area contributed by atoms with Crippen LogP contribution in [0, 0.1) is 6.92 Å². The summed E-state index contributed by atoms with van der Waals surface area (Å²) in [5.41, 5.74) is 22.7. The van der Waals surface area contributed by atoms with Crippen LogP contribution in [0.3, 0.4) is 0 Å². The number of fused-ring (bicyclic) bond motifs is 4. The van der Waals surface area contributed by atoms with E-state index in [9.17, 15) is 0 Å². The van der Waals surface area contributed by atoms with Gasteiger partial charge in [-0.25, -0.2) is 0 Å². The average Bonchev–Trinajstić information content (AvgIpc) is 3.33. The largest absolute Gasteiger partial charge is 0.355 e. The van der Waals surface area contributed by atoms with Crippen molar-refractivity contribution < 1.29 is 0 Å². The number of benzene rings is 9. The number of hydrogen-bond donors (Lipinski definition) is 1. The zero-order valence-corrected chi connectivity index (χ0v) is 37.5. The van der Waals surface area contributed by atoms with E-state index in [-0.39, 0.29) is 10.8 Å². The van der Waals surface area contributed by atoms with E-state index in [0.717, 1.165) is 18.7 Å². The highest BCUT2D eigenvalue weighted by molar-refractivity contribution is 6.73. The van der Waals surface area contributed by atoms with E-state index in [1.165, 1.54) is 113 Å². The fourth-order valence-corrected chi connectivity index (χ4v) is 10.5. The van der Waals surface area contributed by atoms with Gasteiger partial charge in [-0.2, -0.15) is 0 Å². The zero-order valence-electron chi connectivity index (χ0n) is 37.5. The van der Waals surface area contributed by atoms with Crippen LogP contribution in [0.5, 0.6) is 0 Å². The minimum atomic E-state index is 0.0621. The summed E-state index contributed by atoms with van der Waals surface area (Å²) in [6, 6.07) is 71.9. The maximum atomic E-state index is 3.95. The Balaban J connectivity index is 1.19. The molecule has 1 aliphatic heterocycles. The topological polar surface area (TPSA) is 15.3 Å². The standard InChI is InChI=1S/C61H53BN2/c1-40-25-26-46(42-19-11-7-12-20-42)36-55(40)64-56-39-52-51(60(2,3)33-34-61(52,4)5)38-53(56)62-59-50(35-47(37-57(59)64)43-21-13-8-14-22-43)58-49-24-16-15-23-45(49)29-32-54(58)63-48-30-27-44(28-31-48)41-17-9-6-10-18-41/h6-32,35-39,62-63H,33-34H2,1-5H3. The Morgan fingerprint density at radius 3 is 1.69 bits per heavy atom. The summed E-state index contributed by atoms with van der Waals surface area (Å²) in [6.45, 7) is 12.1. The Morgan fingerprint density at radius 1 is 0.469 bits per heavy atom. The van der Waals surface area contributed by atoms with Gasteiger partial charge in [0.25, 0.3) is 0 Å². The molecule has 2 nitrogen and oxygen atoms in total. The Bertz CT molecular complexity index is 3200. The van der Waals surface area contributed by atoms with Crippen molar-refractivity contribution in [2.75, 3.05) is 10.2 Å². The van der Waals surface area contributed by atoms with Crippen molar-refractivity contribution in [2.45, 2.75) is 58.3 Å². The molecule has 0 atom stereocenters. The van der Waals surface area contributed by atoms with E-state index in [0.29, 0.717) is 0 Å². The number of aryl methyl sites for hydroxylation is 1. The number of hydrogen-bond acceptors (Lipinski definition) is 2. The molecule has 0 fully saturated rings. The second-order valence-corrected chi connectivity index (χ2v) is 19.3. The van der Waals surface area contributed by atoms with Gasteiger partial charge in [0.15, 0.2) is 7.28 Å². The van der Waals surface area contributed by atoms with Gasteiger partial charge >= 0.3 is 0 Å². The maximum Gasteiger partial charge on any atom is 0.198 e.